The van der Waals surface area contributed by atoms with Gasteiger partial charge >= 0.3 is 5.97 Å². The Hall–Kier alpha value is -5.06. The number of azo groups is 1. The highest BCUT2D eigenvalue weighted by atomic mass is 16.6. The second-order valence-corrected chi connectivity index (χ2v) is 7.45. The van der Waals surface area contributed by atoms with Gasteiger partial charge in [-0.3, -0.25) is 20.0 Å². The third-order valence-electron chi connectivity index (χ3n) is 5.22. The van der Waals surface area contributed by atoms with E-state index in [0.29, 0.717) is 28.3 Å². The first-order valence-electron chi connectivity index (χ1n) is 10.3. The Morgan fingerprint density at radius 1 is 1.09 bits per heavy atom. The van der Waals surface area contributed by atoms with Gasteiger partial charge in [-0.1, -0.05) is 30.3 Å². The number of methoxy groups -OCH3 is 1. The zero-order valence-electron chi connectivity index (χ0n) is 18.6. The number of aryl methyl sites for hydroxylation is 1. The number of ether oxygens (including phenoxy) is 1. The number of nitrogens with zero attached hydrogens (tertiary/aromatic N) is 4. The number of para-hydroxylation sites is 1. The number of carbonyl (C=O) groups is 1. The van der Waals surface area contributed by atoms with Gasteiger partial charge in [0.1, 0.15) is 5.69 Å². The van der Waals surface area contributed by atoms with Crippen LogP contribution < -0.4 is 10.3 Å². The number of H-pyrrole nitrogens is 1. The summed E-state index contributed by atoms with van der Waals surface area (Å²) < 4.78 is 6.69. The minimum atomic E-state index is -1.05. The summed E-state index contributed by atoms with van der Waals surface area (Å²) in [6.45, 7) is 1.63. The Morgan fingerprint density at radius 3 is 2.54 bits per heavy atom. The highest BCUT2D eigenvalue weighted by Gasteiger charge is 2.16. The molecule has 2 N–H and O–H groups in total. The van der Waals surface area contributed by atoms with Crippen molar-refractivity contribution in [2.45, 2.75) is 6.92 Å². The van der Waals surface area contributed by atoms with Crippen molar-refractivity contribution in [1.29, 1.82) is 0 Å². The molecule has 11 nitrogen and oxygen atoms in total. The van der Waals surface area contributed by atoms with Crippen LogP contribution in [-0.2, 0) is 0 Å². The van der Waals surface area contributed by atoms with Gasteiger partial charge in [0.05, 0.1) is 29.0 Å². The van der Waals surface area contributed by atoms with E-state index in [1.54, 1.807) is 43.3 Å². The number of nitrogens with one attached hydrogen (secondary N) is 1. The van der Waals surface area contributed by atoms with E-state index >= 15 is 0 Å². The predicted octanol–water partition coefficient (Wildman–Crippen LogP) is 5.17. The number of hydrogen-bond acceptors (Lipinski definition) is 7. The van der Waals surface area contributed by atoms with Crippen LogP contribution in [0.1, 0.15) is 16.1 Å². The summed E-state index contributed by atoms with van der Waals surface area (Å²) in [6.07, 6.45) is 0. The van der Waals surface area contributed by atoms with Gasteiger partial charge < -0.3 is 9.84 Å². The van der Waals surface area contributed by atoms with Gasteiger partial charge in [-0.2, -0.15) is 0 Å². The minimum absolute atomic E-state index is 0.0248. The van der Waals surface area contributed by atoms with Crippen molar-refractivity contribution >= 4 is 23.0 Å². The molecule has 0 unspecified atom stereocenters. The molecule has 0 aliphatic heterocycles. The van der Waals surface area contributed by atoms with Gasteiger partial charge in [0, 0.05) is 17.7 Å². The first kappa shape index (κ1) is 23.1. The molecule has 0 radical (unpaired) electrons. The maximum Gasteiger partial charge on any atom is 0.335 e. The van der Waals surface area contributed by atoms with E-state index in [4.69, 9.17) is 4.74 Å². The first-order valence-corrected chi connectivity index (χ1v) is 10.3. The monoisotopic (exact) mass is 473 g/mol. The maximum absolute atomic E-state index is 13.0. The molecule has 176 valence electrons. The molecule has 11 heteroatoms. The summed E-state index contributed by atoms with van der Waals surface area (Å²) in [5.74, 6) is -0.699. The Labute approximate surface area is 198 Å². The second kappa shape index (κ2) is 9.43. The Bertz CT molecular complexity index is 1540. The van der Waals surface area contributed by atoms with E-state index in [1.165, 1.54) is 37.4 Å². The smallest absolute Gasteiger partial charge is 0.335 e. The van der Waals surface area contributed by atoms with Gasteiger partial charge in [-0.15, -0.1) is 10.2 Å². The number of aromatic nitrogens is 2. The predicted molar refractivity (Wildman–Crippen MR) is 127 cm³/mol. The lowest BCUT2D eigenvalue weighted by Gasteiger charge is -2.11. The number of hydrogen-bond donors (Lipinski definition) is 2. The van der Waals surface area contributed by atoms with Crippen molar-refractivity contribution in [1.82, 2.24) is 9.78 Å². The Morgan fingerprint density at radius 2 is 1.83 bits per heavy atom. The van der Waals surface area contributed by atoms with Gasteiger partial charge in [-0.25, -0.2) is 9.48 Å². The van der Waals surface area contributed by atoms with Crippen LogP contribution in [0.25, 0.3) is 16.8 Å². The summed E-state index contributed by atoms with van der Waals surface area (Å²) in [5.41, 5.74) is 1.71. The van der Waals surface area contributed by atoms with E-state index in [9.17, 15) is 24.8 Å². The molecule has 35 heavy (non-hydrogen) atoms. The number of benzene rings is 3. The second-order valence-electron chi connectivity index (χ2n) is 7.45. The van der Waals surface area contributed by atoms with E-state index in [2.05, 4.69) is 15.3 Å². The Balaban J connectivity index is 1.74. The number of rotatable bonds is 7. The van der Waals surface area contributed by atoms with Crippen LogP contribution in [0.15, 0.2) is 81.8 Å². The van der Waals surface area contributed by atoms with Crippen LogP contribution in [0.4, 0.5) is 17.1 Å². The topological polar surface area (TPSA) is 152 Å². The lowest BCUT2D eigenvalue weighted by molar-refractivity contribution is -0.384. The van der Waals surface area contributed by atoms with Crippen molar-refractivity contribution in [3.63, 3.8) is 0 Å². The van der Waals surface area contributed by atoms with Crippen molar-refractivity contribution in [3.8, 4) is 22.6 Å². The molecule has 0 fully saturated rings. The van der Waals surface area contributed by atoms with E-state index < -0.39 is 16.5 Å². The summed E-state index contributed by atoms with van der Waals surface area (Å²) >= 11 is 0. The van der Waals surface area contributed by atoms with Crippen LogP contribution >= 0.6 is 0 Å². The normalized spacial score (nSPS) is 11.0. The molecular weight excluding hydrogens is 454 g/mol. The van der Waals surface area contributed by atoms with Crippen molar-refractivity contribution in [2.24, 2.45) is 10.2 Å². The number of carboxylic acids is 1. The molecule has 1 aromatic heterocycles. The van der Waals surface area contributed by atoms with Crippen LogP contribution in [-0.4, -0.2) is 32.9 Å². The maximum atomic E-state index is 13.0. The van der Waals surface area contributed by atoms with Crippen molar-refractivity contribution in [2.75, 3.05) is 7.11 Å². The van der Waals surface area contributed by atoms with E-state index in [-0.39, 0.29) is 22.6 Å². The number of nitro groups is 1. The van der Waals surface area contributed by atoms with Gasteiger partial charge in [0.25, 0.3) is 11.2 Å². The van der Waals surface area contributed by atoms with Crippen LogP contribution in [0.5, 0.6) is 5.75 Å². The number of aromatic carboxylic acids is 1. The molecule has 0 saturated heterocycles. The van der Waals surface area contributed by atoms with E-state index in [0.717, 1.165) is 4.68 Å². The van der Waals surface area contributed by atoms with Crippen LogP contribution in [0.2, 0.25) is 0 Å². The third-order valence-corrected chi connectivity index (χ3v) is 5.22. The quantitative estimate of drug-likeness (QED) is 0.214. The van der Waals surface area contributed by atoms with Crippen molar-refractivity contribution in [3.05, 3.63) is 98.5 Å². The molecule has 0 aliphatic carbocycles. The third kappa shape index (κ3) is 4.55. The molecule has 0 amide bonds. The largest absolute Gasteiger partial charge is 0.494 e. The standard InChI is InChI=1S/C24H19N5O6/c1-14-21(23(30)28(27-14)17-8-4-9-18(13-17)29(33)34)26-25-20-11-5-10-19(22(20)35-2)15-6-3-7-16(12-15)24(31)32/h3-13,27H,1-2H3,(H,31,32). The highest BCUT2D eigenvalue weighted by Crippen LogP contribution is 2.39. The van der Waals surface area contributed by atoms with Gasteiger partial charge in [-0.05, 0) is 36.8 Å². The number of nitro benzene ring substituents is 1. The fourth-order valence-corrected chi connectivity index (χ4v) is 3.55. The molecular formula is C24H19N5O6. The SMILES string of the molecule is COc1c(N=Nc2c(C)[nH]n(-c3cccc([N+](=O)[O-])c3)c2=O)cccc1-c1cccc(C(=O)O)c1. The molecule has 0 saturated carbocycles. The molecule has 0 aliphatic rings. The number of non-ortho nitro benzene ring substituents is 1. The van der Waals surface area contributed by atoms with Crippen LogP contribution in [0.3, 0.4) is 0 Å². The number of carboxylic acid groups (broad SMARTS) is 1. The molecule has 0 spiro atoms. The Kier molecular flexibility index (Phi) is 6.23. The molecule has 0 atom stereocenters. The fourth-order valence-electron chi connectivity index (χ4n) is 3.55. The lowest BCUT2D eigenvalue weighted by atomic mass is 10.0. The average Bonchev–Trinajstić information content (AvgIpc) is 3.15. The molecule has 4 rings (SSSR count). The average molecular weight is 473 g/mol. The van der Waals surface area contributed by atoms with Gasteiger partial charge in [0.2, 0.25) is 0 Å². The first-order chi connectivity index (χ1) is 16.8. The van der Waals surface area contributed by atoms with Crippen molar-refractivity contribution < 1.29 is 19.6 Å². The lowest BCUT2D eigenvalue weighted by Crippen LogP contribution is -2.14. The summed E-state index contributed by atoms with van der Waals surface area (Å²) in [5, 5.41) is 31.6. The molecule has 1 heterocycles. The minimum Gasteiger partial charge on any atom is -0.494 e. The highest BCUT2D eigenvalue weighted by molar-refractivity contribution is 5.90. The fraction of sp³-hybridized carbons (Fsp3) is 0.0833. The van der Waals surface area contributed by atoms with E-state index in [1.807, 2.05) is 0 Å². The zero-order valence-corrected chi connectivity index (χ0v) is 18.6. The van der Waals surface area contributed by atoms with Crippen LogP contribution in [0, 0.1) is 17.0 Å². The number of aromatic amines is 1. The zero-order chi connectivity index (χ0) is 25.1. The summed E-state index contributed by atoms with van der Waals surface area (Å²) in [7, 11) is 1.45. The molecule has 4 aromatic rings. The molecule has 0 bridgehead atoms. The van der Waals surface area contributed by atoms with Gasteiger partial charge in [0.15, 0.2) is 11.4 Å². The summed E-state index contributed by atoms with van der Waals surface area (Å²) in [6, 6.07) is 17.2. The summed E-state index contributed by atoms with van der Waals surface area (Å²) in [4.78, 5) is 34.8. The molecule has 3 aromatic carbocycles.